The Bertz CT molecular complexity index is 497. The normalized spacial score (nSPS) is 16.2. The minimum absolute atomic E-state index is 0.000998. The third-order valence-electron chi connectivity index (χ3n) is 3.48. The third kappa shape index (κ3) is 4.19. The lowest BCUT2D eigenvalue weighted by molar-refractivity contribution is -0.131. The van der Waals surface area contributed by atoms with E-state index in [-0.39, 0.29) is 18.6 Å². The number of likely N-dealkylation sites (tertiary alicyclic amines) is 1. The van der Waals surface area contributed by atoms with Crippen LogP contribution in [0.3, 0.4) is 0 Å². The van der Waals surface area contributed by atoms with Crippen LogP contribution in [0.5, 0.6) is 5.75 Å². The Labute approximate surface area is 124 Å². The van der Waals surface area contributed by atoms with Gasteiger partial charge in [-0.2, -0.15) is 0 Å². The first kappa shape index (κ1) is 15.3. The van der Waals surface area contributed by atoms with Crippen molar-refractivity contribution in [2.75, 3.05) is 26.7 Å². The molecular formula is C15H21N3O3. The van der Waals surface area contributed by atoms with Crippen molar-refractivity contribution < 1.29 is 14.4 Å². The molecule has 1 fully saturated rings. The van der Waals surface area contributed by atoms with Crippen LogP contribution in [0.1, 0.15) is 18.4 Å². The maximum absolute atomic E-state index is 11.5. The van der Waals surface area contributed by atoms with Gasteiger partial charge in [-0.3, -0.25) is 4.79 Å². The number of rotatable bonds is 5. The van der Waals surface area contributed by atoms with E-state index >= 15 is 0 Å². The molecule has 1 saturated heterocycles. The van der Waals surface area contributed by atoms with Crippen LogP contribution >= 0.6 is 0 Å². The average Bonchev–Trinajstić information content (AvgIpc) is 2.54. The highest BCUT2D eigenvalue weighted by Gasteiger charge is 2.23. The molecule has 0 aliphatic carbocycles. The van der Waals surface area contributed by atoms with Gasteiger partial charge in [0.2, 0.25) is 5.91 Å². The standard InChI is InChI=1S/C15H21N3O3/c1-20-17-11-12-4-2-3-5-14(12)21-13-6-8-18(9-7-13)15(19)10-16/h2-5,11,13H,6-10,16H2,1H3. The highest BCUT2D eigenvalue weighted by Crippen LogP contribution is 2.22. The number of piperidine rings is 1. The minimum atomic E-state index is 0.000998. The van der Waals surface area contributed by atoms with Gasteiger partial charge >= 0.3 is 0 Å². The van der Waals surface area contributed by atoms with Crippen LogP contribution in [-0.4, -0.2) is 49.9 Å². The predicted molar refractivity (Wildman–Crippen MR) is 80.3 cm³/mol. The van der Waals surface area contributed by atoms with Gasteiger partial charge in [-0.05, 0) is 12.1 Å². The van der Waals surface area contributed by atoms with Gasteiger partial charge in [0.15, 0.2) is 0 Å². The number of para-hydroxylation sites is 1. The molecule has 2 N–H and O–H groups in total. The number of benzene rings is 1. The highest BCUT2D eigenvalue weighted by molar-refractivity contribution is 5.83. The topological polar surface area (TPSA) is 77.2 Å². The molecule has 0 atom stereocenters. The van der Waals surface area contributed by atoms with Gasteiger partial charge < -0.3 is 20.2 Å². The number of oxime groups is 1. The SMILES string of the molecule is CON=Cc1ccccc1OC1CCN(C(=O)CN)CC1. The third-order valence-corrected chi connectivity index (χ3v) is 3.48. The molecule has 0 bridgehead atoms. The highest BCUT2D eigenvalue weighted by atomic mass is 16.6. The number of hydrogen-bond acceptors (Lipinski definition) is 5. The monoisotopic (exact) mass is 291 g/mol. The van der Waals surface area contributed by atoms with Crippen LogP contribution in [0.4, 0.5) is 0 Å². The Balaban J connectivity index is 1.94. The van der Waals surface area contributed by atoms with E-state index in [0.29, 0.717) is 13.1 Å². The van der Waals surface area contributed by atoms with E-state index in [4.69, 9.17) is 15.3 Å². The molecule has 1 aliphatic rings. The van der Waals surface area contributed by atoms with Gasteiger partial charge in [0.1, 0.15) is 19.0 Å². The van der Waals surface area contributed by atoms with Gasteiger partial charge in [-0.15, -0.1) is 0 Å². The lowest BCUT2D eigenvalue weighted by Gasteiger charge is -2.32. The summed E-state index contributed by atoms with van der Waals surface area (Å²) in [6, 6.07) is 7.68. The van der Waals surface area contributed by atoms with E-state index in [9.17, 15) is 4.79 Å². The van der Waals surface area contributed by atoms with E-state index < -0.39 is 0 Å². The molecule has 2 rings (SSSR count). The minimum Gasteiger partial charge on any atom is -0.490 e. The van der Waals surface area contributed by atoms with Crippen LogP contribution in [0.25, 0.3) is 0 Å². The Morgan fingerprint density at radius 3 is 2.81 bits per heavy atom. The molecule has 0 radical (unpaired) electrons. The van der Waals surface area contributed by atoms with Crippen LogP contribution in [0.2, 0.25) is 0 Å². The first-order valence-electron chi connectivity index (χ1n) is 7.04. The fraction of sp³-hybridized carbons (Fsp3) is 0.467. The van der Waals surface area contributed by atoms with Crippen molar-refractivity contribution in [3.63, 3.8) is 0 Å². The summed E-state index contributed by atoms with van der Waals surface area (Å²) in [4.78, 5) is 18.0. The molecule has 0 unspecified atom stereocenters. The van der Waals surface area contributed by atoms with E-state index in [1.54, 1.807) is 11.1 Å². The number of nitrogens with zero attached hydrogens (tertiary/aromatic N) is 2. The number of nitrogens with two attached hydrogens (primary N) is 1. The molecule has 6 heteroatoms. The van der Waals surface area contributed by atoms with E-state index in [0.717, 1.165) is 24.2 Å². The molecule has 1 heterocycles. The molecule has 21 heavy (non-hydrogen) atoms. The van der Waals surface area contributed by atoms with Crippen molar-refractivity contribution in [3.8, 4) is 5.75 Å². The molecule has 1 amide bonds. The summed E-state index contributed by atoms with van der Waals surface area (Å²) in [5.41, 5.74) is 6.25. The lowest BCUT2D eigenvalue weighted by atomic mass is 10.1. The summed E-state index contributed by atoms with van der Waals surface area (Å²) in [6.07, 6.45) is 3.34. The molecule has 1 aliphatic heterocycles. The number of hydrogen-bond donors (Lipinski definition) is 1. The number of ether oxygens (including phenoxy) is 1. The first-order valence-corrected chi connectivity index (χ1v) is 7.04. The number of carbonyl (C=O) groups excluding carboxylic acids is 1. The second-order valence-electron chi connectivity index (χ2n) is 4.86. The second-order valence-corrected chi connectivity index (χ2v) is 4.86. The summed E-state index contributed by atoms with van der Waals surface area (Å²) in [6.45, 7) is 1.45. The van der Waals surface area contributed by atoms with Crippen molar-refractivity contribution in [3.05, 3.63) is 29.8 Å². The average molecular weight is 291 g/mol. The molecular weight excluding hydrogens is 270 g/mol. The maximum atomic E-state index is 11.5. The Morgan fingerprint density at radius 1 is 1.43 bits per heavy atom. The smallest absolute Gasteiger partial charge is 0.236 e. The van der Waals surface area contributed by atoms with Crippen LogP contribution in [0, 0.1) is 0 Å². The van der Waals surface area contributed by atoms with Crippen LogP contribution in [-0.2, 0) is 9.63 Å². The van der Waals surface area contributed by atoms with Crippen LogP contribution in [0.15, 0.2) is 29.4 Å². The summed E-state index contributed by atoms with van der Waals surface area (Å²) in [5.74, 6) is 0.781. The van der Waals surface area contributed by atoms with Crippen molar-refractivity contribution >= 4 is 12.1 Å². The van der Waals surface area contributed by atoms with Crippen molar-refractivity contribution in [2.45, 2.75) is 18.9 Å². The molecule has 0 aromatic heterocycles. The van der Waals surface area contributed by atoms with Crippen molar-refractivity contribution in [2.24, 2.45) is 10.9 Å². The summed E-state index contributed by atoms with van der Waals surface area (Å²) >= 11 is 0. The molecule has 0 spiro atoms. The Morgan fingerprint density at radius 2 is 2.14 bits per heavy atom. The van der Waals surface area contributed by atoms with E-state index in [2.05, 4.69) is 5.16 Å². The van der Waals surface area contributed by atoms with Gasteiger partial charge in [-0.1, -0.05) is 17.3 Å². The van der Waals surface area contributed by atoms with E-state index in [1.807, 2.05) is 24.3 Å². The fourth-order valence-electron chi connectivity index (χ4n) is 2.34. The molecule has 6 nitrogen and oxygen atoms in total. The van der Waals surface area contributed by atoms with E-state index in [1.165, 1.54) is 7.11 Å². The second kappa shape index (κ2) is 7.64. The van der Waals surface area contributed by atoms with Gasteiger partial charge in [0, 0.05) is 31.5 Å². The quantitative estimate of drug-likeness (QED) is 0.648. The zero-order valence-corrected chi connectivity index (χ0v) is 12.2. The summed E-state index contributed by atoms with van der Waals surface area (Å²) < 4.78 is 6.03. The number of carbonyl (C=O) groups is 1. The Kier molecular flexibility index (Phi) is 5.57. The van der Waals surface area contributed by atoms with Gasteiger partial charge in [0.25, 0.3) is 0 Å². The Hall–Kier alpha value is -2.08. The largest absolute Gasteiger partial charge is 0.490 e. The lowest BCUT2D eigenvalue weighted by Crippen LogP contribution is -2.44. The van der Waals surface area contributed by atoms with Crippen molar-refractivity contribution in [1.29, 1.82) is 0 Å². The number of amides is 1. The summed E-state index contributed by atoms with van der Waals surface area (Å²) in [5, 5.41) is 3.77. The zero-order chi connectivity index (χ0) is 15.1. The molecule has 0 saturated carbocycles. The van der Waals surface area contributed by atoms with Crippen molar-refractivity contribution in [1.82, 2.24) is 4.90 Å². The molecule has 1 aromatic rings. The molecule has 1 aromatic carbocycles. The first-order chi connectivity index (χ1) is 10.2. The fourth-order valence-corrected chi connectivity index (χ4v) is 2.34. The van der Waals surface area contributed by atoms with Gasteiger partial charge in [0.05, 0.1) is 12.8 Å². The zero-order valence-electron chi connectivity index (χ0n) is 12.2. The maximum Gasteiger partial charge on any atom is 0.236 e. The summed E-state index contributed by atoms with van der Waals surface area (Å²) in [7, 11) is 1.50. The van der Waals surface area contributed by atoms with Gasteiger partial charge in [-0.25, -0.2) is 0 Å². The predicted octanol–water partition coefficient (Wildman–Crippen LogP) is 0.995. The molecule has 114 valence electrons. The van der Waals surface area contributed by atoms with Crippen LogP contribution < -0.4 is 10.5 Å².